The van der Waals surface area contributed by atoms with Gasteiger partial charge in [0.2, 0.25) is 0 Å². The van der Waals surface area contributed by atoms with Crippen molar-refractivity contribution >= 4 is 41.7 Å². The van der Waals surface area contributed by atoms with E-state index in [1.54, 1.807) is 6.20 Å². The summed E-state index contributed by atoms with van der Waals surface area (Å²) in [6.45, 7) is 4.59. The van der Waals surface area contributed by atoms with E-state index in [9.17, 15) is 0 Å². The number of hydrogen-bond donors (Lipinski definition) is 2. The van der Waals surface area contributed by atoms with Crippen LogP contribution in [0.15, 0.2) is 47.7 Å². The Labute approximate surface area is 172 Å². The van der Waals surface area contributed by atoms with Crippen molar-refractivity contribution < 1.29 is 0 Å². The molecule has 1 aromatic heterocycles. The Morgan fingerprint density at radius 3 is 2.64 bits per heavy atom. The molecule has 1 aromatic carbocycles. The molecule has 0 saturated carbocycles. The van der Waals surface area contributed by atoms with Crippen molar-refractivity contribution in [1.82, 2.24) is 20.4 Å². The lowest BCUT2D eigenvalue weighted by Gasteiger charge is -2.11. The van der Waals surface area contributed by atoms with Crippen LogP contribution in [0.5, 0.6) is 0 Å². The minimum atomic E-state index is 0. The Kier molecular flexibility index (Phi) is 11.4. The summed E-state index contributed by atoms with van der Waals surface area (Å²) in [5.41, 5.74) is 2.25. The van der Waals surface area contributed by atoms with E-state index in [1.807, 2.05) is 28.7 Å². The van der Waals surface area contributed by atoms with Crippen LogP contribution in [0.25, 0.3) is 5.69 Å². The van der Waals surface area contributed by atoms with Crippen molar-refractivity contribution in [2.75, 3.05) is 25.1 Å². The van der Waals surface area contributed by atoms with E-state index < -0.39 is 0 Å². The first-order valence-corrected chi connectivity index (χ1v) is 9.83. The number of hydrogen-bond acceptors (Lipinski definition) is 3. The molecule has 25 heavy (non-hydrogen) atoms. The molecule has 0 amide bonds. The number of aliphatic imine (C=N–C) groups is 1. The number of nitrogens with zero attached hydrogens (tertiary/aromatic N) is 3. The minimum absolute atomic E-state index is 0. The third-order valence-corrected chi connectivity index (χ3v) is 4.23. The van der Waals surface area contributed by atoms with Crippen LogP contribution < -0.4 is 10.6 Å². The van der Waals surface area contributed by atoms with Crippen LogP contribution in [0.3, 0.4) is 0 Å². The smallest absolute Gasteiger partial charge is 0.191 e. The van der Waals surface area contributed by atoms with Crippen molar-refractivity contribution in [3.8, 4) is 5.69 Å². The molecular formula is C18H28IN5S. The summed E-state index contributed by atoms with van der Waals surface area (Å²) < 4.78 is 1.85. The van der Waals surface area contributed by atoms with Gasteiger partial charge in [-0.05, 0) is 55.5 Å². The summed E-state index contributed by atoms with van der Waals surface area (Å²) in [5.74, 6) is 2.11. The second-order valence-corrected chi connectivity index (χ2v) is 6.42. The highest BCUT2D eigenvalue weighted by Crippen LogP contribution is 2.09. The average molecular weight is 473 g/mol. The van der Waals surface area contributed by atoms with Gasteiger partial charge in [0.15, 0.2) is 5.96 Å². The third-order valence-electron chi connectivity index (χ3n) is 3.54. The van der Waals surface area contributed by atoms with Crippen molar-refractivity contribution in [3.63, 3.8) is 0 Å². The van der Waals surface area contributed by atoms with Gasteiger partial charge in [-0.25, -0.2) is 9.67 Å². The van der Waals surface area contributed by atoms with Crippen LogP contribution in [0.1, 0.15) is 25.3 Å². The van der Waals surface area contributed by atoms with E-state index in [2.05, 4.69) is 58.2 Å². The van der Waals surface area contributed by atoms with Gasteiger partial charge < -0.3 is 10.6 Å². The zero-order valence-corrected chi connectivity index (χ0v) is 18.1. The predicted octanol–water partition coefficient (Wildman–Crippen LogP) is 3.69. The maximum Gasteiger partial charge on any atom is 0.191 e. The predicted molar refractivity (Wildman–Crippen MR) is 119 cm³/mol. The number of unbranched alkanes of at least 4 members (excludes halogenated alkanes) is 1. The van der Waals surface area contributed by atoms with Crippen LogP contribution >= 0.6 is 35.7 Å². The standard InChI is InChI=1S/C18H27N5S.HI/c1-3-19-18(20-11-4-5-14-24-2)21-15-16-7-9-17(10-8-16)23-13-6-12-22-23;/h6-10,12-13H,3-5,11,14-15H2,1-2H3,(H2,19,20,21);1H. The minimum Gasteiger partial charge on any atom is -0.357 e. The summed E-state index contributed by atoms with van der Waals surface area (Å²) in [6.07, 6.45) is 8.28. The molecular weight excluding hydrogens is 445 g/mol. The van der Waals surface area contributed by atoms with Gasteiger partial charge in [0.1, 0.15) is 0 Å². The van der Waals surface area contributed by atoms with Gasteiger partial charge >= 0.3 is 0 Å². The Balaban J connectivity index is 0.00000312. The van der Waals surface area contributed by atoms with Gasteiger partial charge in [-0.2, -0.15) is 16.9 Å². The van der Waals surface area contributed by atoms with Gasteiger partial charge in [-0.15, -0.1) is 24.0 Å². The Bertz CT molecular complexity index is 598. The first-order valence-electron chi connectivity index (χ1n) is 8.43. The number of halogens is 1. The number of benzene rings is 1. The van der Waals surface area contributed by atoms with E-state index in [0.29, 0.717) is 6.54 Å². The molecule has 7 heteroatoms. The van der Waals surface area contributed by atoms with Gasteiger partial charge in [0, 0.05) is 25.5 Å². The van der Waals surface area contributed by atoms with Crippen LogP contribution in [0.2, 0.25) is 0 Å². The first kappa shape index (κ1) is 21.8. The van der Waals surface area contributed by atoms with Crippen LogP contribution in [0, 0.1) is 0 Å². The van der Waals surface area contributed by atoms with Crippen molar-refractivity contribution in [2.24, 2.45) is 4.99 Å². The van der Waals surface area contributed by atoms with Gasteiger partial charge in [0.05, 0.1) is 12.2 Å². The SMILES string of the molecule is CCNC(=NCc1ccc(-n2cccn2)cc1)NCCCCSC.I. The topological polar surface area (TPSA) is 54.2 Å². The molecule has 2 rings (SSSR count). The maximum absolute atomic E-state index is 4.66. The number of aromatic nitrogens is 2. The molecule has 1 heterocycles. The van der Waals surface area contributed by atoms with Crippen LogP contribution in [0.4, 0.5) is 0 Å². The van der Waals surface area contributed by atoms with E-state index in [0.717, 1.165) is 24.7 Å². The number of guanidine groups is 1. The fraction of sp³-hybridized carbons (Fsp3) is 0.444. The lowest BCUT2D eigenvalue weighted by atomic mass is 10.2. The quantitative estimate of drug-likeness (QED) is 0.253. The molecule has 138 valence electrons. The number of nitrogens with one attached hydrogen (secondary N) is 2. The molecule has 0 aliphatic carbocycles. The fourth-order valence-electron chi connectivity index (χ4n) is 2.27. The Morgan fingerprint density at radius 1 is 1.20 bits per heavy atom. The summed E-state index contributed by atoms with van der Waals surface area (Å²) in [5, 5.41) is 10.9. The van der Waals surface area contributed by atoms with Gasteiger partial charge in [-0.1, -0.05) is 12.1 Å². The largest absolute Gasteiger partial charge is 0.357 e. The number of rotatable bonds is 9. The highest BCUT2D eigenvalue weighted by molar-refractivity contribution is 14.0. The second-order valence-electron chi connectivity index (χ2n) is 5.44. The highest BCUT2D eigenvalue weighted by atomic mass is 127. The van der Waals surface area contributed by atoms with Crippen molar-refractivity contribution in [2.45, 2.75) is 26.3 Å². The highest BCUT2D eigenvalue weighted by Gasteiger charge is 1.99. The molecule has 0 spiro atoms. The third kappa shape index (κ3) is 8.13. The molecule has 0 bridgehead atoms. The molecule has 5 nitrogen and oxygen atoms in total. The Hall–Kier alpha value is -1.22. The molecule has 0 fully saturated rings. The normalized spacial score (nSPS) is 11.0. The van der Waals surface area contributed by atoms with Crippen molar-refractivity contribution in [1.29, 1.82) is 0 Å². The average Bonchev–Trinajstić information content (AvgIpc) is 3.14. The van der Waals surface area contributed by atoms with Gasteiger partial charge in [0.25, 0.3) is 0 Å². The monoisotopic (exact) mass is 473 g/mol. The lowest BCUT2D eigenvalue weighted by molar-refractivity contribution is 0.734. The zero-order valence-electron chi connectivity index (χ0n) is 14.9. The molecule has 0 unspecified atom stereocenters. The molecule has 2 N–H and O–H groups in total. The molecule has 0 aliphatic rings. The summed E-state index contributed by atoms with van der Waals surface area (Å²) in [6, 6.07) is 10.3. The molecule has 0 aliphatic heterocycles. The van der Waals surface area contributed by atoms with Crippen molar-refractivity contribution in [3.05, 3.63) is 48.3 Å². The van der Waals surface area contributed by atoms with E-state index in [4.69, 9.17) is 0 Å². The number of thioether (sulfide) groups is 1. The molecule has 0 radical (unpaired) electrons. The molecule has 0 saturated heterocycles. The van der Waals surface area contributed by atoms with E-state index >= 15 is 0 Å². The summed E-state index contributed by atoms with van der Waals surface area (Å²) >= 11 is 1.90. The zero-order chi connectivity index (χ0) is 17.0. The van der Waals surface area contributed by atoms with Crippen LogP contribution in [-0.2, 0) is 6.54 Å². The molecule has 0 atom stereocenters. The Morgan fingerprint density at radius 2 is 2.00 bits per heavy atom. The summed E-state index contributed by atoms with van der Waals surface area (Å²) in [4.78, 5) is 4.66. The second kappa shape index (κ2) is 13.0. The maximum atomic E-state index is 4.66. The van der Waals surface area contributed by atoms with Crippen LogP contribution in [-0.4, -0.2) is 40.8 Å². The first-order chi connectivity index (χ1) is 11.8. The lowest BCUT2D eigenvalue weighted by Crippen LogP contribution is -2.37. The summed E-state index contributed by atoms with van der Waals surface area (Å²) in [7, 11) is 0. The van der Waals surface area contributed by atoms with E-state index in [-0.39, 0.29) is 24.0 Å². The van der Waals surface area contributed by atoms with E-state index in [1.165, 1.54) is 24.2 Å². The van der Waals surface area contributed by atoms with Gasteiger partial charge in [-0.3, -0.25) is 0 Å². The fourth-order valence-corrected chi connectivity index (χ4v) is 2.76. The molecule has 2 aromatic rings.